The average Bonchev–Trinajstić information content (AvgIpc) is 3.55. The van der Waals surface area contributed by atoms with Crippen LogP contribution in [-0.2, 0) is 27.8 Å². The third-order valence-electron chi connectivity index (χ3n) is 8.38. The van der Waals surface area contributed by atoms with E-state index in [9.17, 15) is 23.1 Å². The molecule has 0 saturated heterocycles. The maximum atomic E-state index is 14.5. The molecule has 0 aliphatic rings. The van der Waals surface area contributed by atoms with Crippen LogP contribution in [0.5, 0.6) is 0 Å². The monoisotopic (exact) mass is 720 g/mol. The molecule has 50 heavy (non-hydrogen) atoms. The highest BCUT2D eigenvalue weighted by atomic mass is 35.5. The Morgan fingerprint density at radius 1 is 0.780 bits per heavy atom. The minimum atomic E-state index is -4.23. The lowest BCUT2D eigenvalue weighted by Gasteiger charge is -2.27. The van der Waals surface area contributed by atoms with Gasteiger partial charge in [-0.2, -0.15) is 0 Å². The van der Waals surface area contributed by atoms with Gasteiger partial charge >= 0.3 is 5.97 Å². The lowest BCUT2D eigenvalue weighted by Crippen LogP contribution is -2.43. The summed E-state index contributed by atoms with van der Waals surface area (Å²) in [7, 11) is -4.23. The minimum absolute atomic E-state index is 0.0101. The van der Waals surface area contributed by atoms with Gasteiger partial charge in [0.25, 0.3) is 15.9 Å². The van der Waals surface area contributed by atoms with Gasteiger partial charge in [0.1, 0.15) is 6.04 Å². The molecule has 6 rings (SSSR count). The number of anilines is 1. The Morgan fingerprint density at radius 3 is 1.88 bits per heavy atom. The van der Waals surface area contributed by atoms with Crippen LogP contribution in [0.4, 0.5) is 5.69 Å². The van der Waals surface area contributed by atoms with Crippen LogP contribution in [0.1, 0.15) is 26.4 Å². The first-order valence-corrected chi connectivity index (χ1v) is 18.5. The first-order valence-electron chi connectivity index (χ1n) is 15.8. The van der Waals surface area contributed by atoms with Gasteiger partial charge in [0, 0.05) is 16.3 Å². The number of thiophene rings is 1. The van der Waals surface area contributed by atoms with Gasteiger partial charge in [-0.3, -0.25) is 9.10 Å². The van der Waals surface area contributed by atoms with Crippen LogP contribution in [0.2, 0.25) is 5.02 Å². The van der Waals surface area contributed by atoms with Gasteiger partial charge in [-0.1, -0.05) is 109 Å². The summed E-state index contributed by atoms with van der Waals surface area (Å²) in [5, 5.41) is 14.8. The lowest BCUT2D eigenvalue weighted by atomic mass is 10.0. The van der Waals surface area contributed by atoms with Crippen LogP contribution in [-0.4, -0.2) is 31.4 Å². The van der Waals surface area contributed by atoms with Gasteiger partial charge in [0.15, 0.2) is 0 Å². The summed E-state index contributed by atoms with van der Waals surface area (Å²) in [6, 6.07) is 38.4. The number of carboxylic acid groups (broad SMARTS) is 1. The molecule has 0 aliphatic carbocycles. The van der Waals surface area contributed by atoms with Crippen LogP contribution in [0.3, 0.4) is 0 Å². The van der Waals surface area contributed by atoms with E-state index in [1.54, 1.807) is 24.3 Å². The summed E-state index contributed by atoms with van der Waals surface area (Å²) in [5.41, 5.74) is 5.42. The Hall–Kier alpha value is -5.22. The van der Waals surface area contributed by atoms with Gasteiger partial charge in [0.05, 0.1) is 22.7 Å². The Kier molecular flexibility index (Phi) is 10.5. The second-order valence-electron chi connectivity index (χ2n) is 11.7. The Balaban J connectivity index is 1.32. The smallest absolute Gasteiger partial charge is 0.326 e. The third kappa shape index (κ3) is 7.81. The molecule has 6 aromatic rings. The molecule has 1 amide bonds. The van der Waals surface area contributed by atoms with Crippen LogP contribution in [0, 0.1) is 6.92 Å². The normalized spacial score (nSPS) is 11.9. The Labute approximate surface area is 300 Å². The summed E-state index contributed by atoms with van der Waals surface area (Å²) >= 11 is 7.78. The molecule has 1 atom stereocenters. The number of rotatable bonds is 12. The van der Waals surface area contributed by atoms with Gasteiger partial charge in [0.2, 0.25) is 0 Å². The number of sulfonamides is 1. The molecule has 5 aromatic carbocycles. The van der Waals surface area contributed by atoms with E-state index in [-0.39, 0.29) is 34.1 Å². The molecule has 0 unspecified atom stereocenters. The summed E-state index contributed by atoms with van der Waals surface area (Å²) in [6.45, 7) is 1.84. The number of nitrogens with one attached hydrogen (secondary N) is 1. The van der Waals surface area contributed by atoms with Gasteiger partial charge < -0.3 is 10.4 Å². The van der Waals surface area contributed by atoms with Crippen molar-refractivity contribution in [2.45, 2.75) is 30.8 Å². The molecule has 1 aromatic heterocycles. The topological polar surface area (TPSA) is 104 Å². The van der Waals surface area contributed by atoms with E-state index in [2.05, 4.69) is 5.32 Å². The standard InChI is InChI=1S/C40H33ClN2O5S2/c1-27-22-23-49-38(27)26-43(50(47,48)34-19-16-32(17-20-34)30-10-6-3-7-11-30)37-21-18-33(41)25-35(37)39(44)42-36(40(45)46)24-28-12-14-31(15-13-28)29-8-4-2-5-9-29/h2-23,25,36H,24,26H2,1H3,(H,42,44)(H,45,46)/t36-/m0/s1. The van der Waals surface area contributed by atoms with Crippen molar-refractivity contribution in [3.8, 4) is 22.3 Å². The highest BCUT2D eigenvalue weighted by molar-refractivity contribution is 7.92. The molecule has 1 heterocycles. The van der Waals surface area contributed by atoms with Crippen LogP contribution in [0.25, 0.3) is 22.3 Å². The molecule has 10 heteroatoms. The molecule has 2 N–H and O–H groups in total. The lowest BCUT2D eigenvalue weighted by molar-refractivity contribution is -0.139. The second kappa shape index (κ2) is 15.1. The molecule has 252 valence electrons. The summed E-state index contributed by atoms with van der Waals surface area (Å²) in [4.78, 5) is 27.2. The number of aryl methyl sites for hydroxylation is 1. The number of hydrogen-bond acceptors (Lipinski definition) is 5. The fourth-order valence-electron chi connectivity index (χ4n) is 5.62. The first-order chi connectivity index (χ1) is 24.1. The Bertz CT molecular complexity index is 2220. The maximum absolute atomic E-state index is 14.5. The number of aliphatic carboxylic acids is 1. The van der Waals surface area contributed by atoms with Crippen molar-refractivity contribution in [2.75, 3.05) is 4.31 Å². The molecular formula is C40H33ClN2O5S2. The molecule has 7 nitrogen and oxygen atoms in total. The number of halogens is 1. The third-order valence-corrected chi connectivity index (χ3v) is 11.4. The maximum Gasteiger partial charge on any atom is 0.326 e. The van der Waals surface area contributed by atoms with Crippen LogP contribution in [0.15, 0.2) is 144 Å². The molecule has 0 bridgehead atoms. The number of amides is 1. The molecule has 0 radical (unpaired) electrons. The van der Waals surface area contributed by atoms with Crippen molar-refractivity contribution < 1.29 is 23.1 Å². The van der Waals surface area contributed by atoms with Gasteiger partial charge in [-0.05, 0) is 82.1 Å². The molecule has 0 saturated carbocycles. The molecule has 0 fully saturated rings. The van der Waals surface area contributed by atoms with E-state index in [1.807, 2.05) is 103 Å². The number of hydrogen-bond donors (Lipinski definition) is 2. The van der Waals surface area contributed by atoms with E-state index in [0.29, 0.717) is 5.56 Å². The highest BCUT2D eigenvalue weighted by Crippen LogP contribution is 2.34. The zero-order valence-corrected chi connectivity index (χ0v) is 29.4. The first kappa shape index (κ1) is 34.6. The summed E-state index contributed by atoms with van der Waals surface area (Å²) in [5.74, 6) is -2.00. The molecular weight excluding hydrogens is 688 g/mol. The average molecular weight is 721 g/mol. The van der Waals surface area contributed by atoms with Crippen molar-refractivity contribution in [3.05, 3.63) is 165 Å². The van der Waals surface area contributed by atoms with Crippen molar-refractivity contribution in [1.29, 1.82) is 0 Å². The zero-order chi connectivity index (χ0) is 35.3. The van der Waals surface area contributed by atoms with Crippen LogP contribution >= 0.6 is 22.9 Å². The van der Waals surface area contributed by atoms with Crippen molar-refractivity contribution in [1.82, 2.24) is 5.32 Å². The zero-order valence-electron chi connectivity index (χ0n) is 27.0. The van der Waals surface area contributed by atoms with E-state index in [4.69, 9.17) is 11.6 Å². The van der Waals surface area contributed by atoms with Crippen LogP contribution < -0.4 is 9.62 Å². The summed E-state index contributed by atoms with van der Waals surface area (Å²) in [6.07, 6.45) is 0.0101. The molecule has 0 spiro atoms. The fraction of sp³-hybridized carbons (Fsp3) is 0.100. The SMILES string of the molecule is Cc1ccsc1CN(c1ccc(Cl)cc1C(=O)N[C@@H](Cc1ccc(-c2ccccc2)cc1)C(=O)O)S(=O)(=O)c1ccc(-c2ccccc2)cc1. The number of benzene rings is 5. The number of carbonyl (C=O) groups excluding carboxylic acids is 1. The largest absolute Gasteiger partial charge is 0.480 e. The number of carboxylic acids is 1. The number of carbonyl (C=O) groups is 2. The Morgan fingerprint density at radius 2 is 1.34 bits per heavy atom. The second-order valence-corrected chi connectivity index (χ2v) is 15.0. The summed E-state index contributed by atoms with van der Waals surface area (Å²) < 4.78 is 30.1. The van der Waals surface area contributed by atoms with Gasteiger partial charge in [-0.15, -0.1) is 11.3 Å². The van der Waals surface area contributed by atoms with Crippen molar-refractivity contribution in [2.24, 2.45) is 0 Å². The highest BCUT2D eigenvalue weighted by Gasteiger charge is 2.31. The van der Waals surface area contributed by atoms with E-state index in [1.165, 1.54) is 33.8 Å². The van der Waals surface area contributed by atoms with Crippen molar-refractivity contribution in [3.63, 3.8) is 0 Å². The minimum Gasteiger partial charge on any atom is -0.480 e. The fourth-order valence-corrected chi connectivity index (χ4v) is 8.22. The molecule has 0 aliphatic heterocycles. The van der Waals surface area contributed by atoms with E-state index < -0.39 is 27.9 Å². The van der Waals surface area contributed by atoms with Crippen molar-refractivity contribution >= 4 is 50.5 Å². The van der Waals surface area contributed by atoms with E-state index >= 15 is 0 Å². The quantitative estimate of drug-likeness (QED) is 0.132. The van der Waals surface area contributed by atoms with E-state index in [0.717, 1.165) is 32.7 Å². The predicted molar refractivity (Wildman–Crippen MR) is 200 cm³/mol. The number of nitrogens with zero attached hydrogens (tertiary/aromatic N) is 1. The predicted octanol–water partition coefficient (Wildman–Crippen LogP) is 8.87. The van der Waals surface area contributed by atoms with Gasteiger partial charge in [-0.25, -0.2) is 13.2 Å².